The molecule has 0 saturated heterocycles. The molecule has 0 fully saturated rings. The molecule has 1 atom stereocenters. The van der Waals surface area contributed by atoms with Crippen LogP contribution in [0.4, 0.5) is 5.69 Å². The second-order valence-electron chi connectivity index (χ2n) is 6.51. The molecule has 0 bridgehead atoms. The number of nitrogens with one attached hydrogen (secondary N) is 1. The summed E-state index contributed by atoms with van der Waals surface area (Å²) >= 11 is 0. The van der Waals surface area contributed by atoms with E-state index in [1.807, 2.05) is 6.92 Å². The van der Waals surface area contributed by atoms with Crippen LogP contribution in [0, 0.1) is 0 Å². The number of carbonyl (C=O) groups excluding carboxylic acids is 1. The van der Waals surface area contributed by atoms with E-state index in [9.17, 15) is 13.2 Å². The van der Waals surface area contributed by atoms with E-state index < -0.39 is 22.0 Å². The van der Waals surface area contributed by atoms with Crippen molar-refractivity contribution in [1.29, 1.82) is 0 Å². The van der Waals surface area contributed by atoms with E-state index in [0.29, 0.717) is 35.1 Å². The van der Waals surface area contributed by atoms with Gasteiger partial charge in [-0.25, -0.2) is 13.8 Å². The zero-order valence-corrected chi connectivity index (χ0v) is 17.7. The van der Waals surface area contributed by atoms with Crippen molar-refractivity contribution in [1.82, 2.24) is 5.43 Å². The predicted molar refractivity (Wildman–Crippen MR) is 113 cm³/mol. The Labute approximate surface area is 175 Å². The van der Waals surface area contributed by atoms with Crippen molar-refractivity contribution in [2.24, 2.45) is 5.10 Å². The quantitative estimate of drug-likeness (QED) is 0.505. The highest BCUT2D eigenvalue weighted by atomic mass is 32.2. The molecule has 9 nitrogen and oxygen atoms in total. The number of amides is 1. The number of sulfonamides is 1. The monoisotopic (exact) mass is 433 g/mol. The van der Waals surface area contributed by atoms with E-state index in [4.69, 9.17) is 14.2 Å². The average molecular weight is 433 g/mol. The summed E-state index contributed by atoms with van der Waals surface area (Å²) in [6, 6.07) is 10.7. The lowest BCUT2D eigenvalue weighted by atomic mass is 10.2. The Morgan fingerprint density at radius 3 is 2.60 bits per heavy atom. The molecule has 1 amide bonds. The topological polar surface area (TPSA) is 107 Å². The number of ether oxygens (including phenoxy) is 3. The lowest BCUT2D eigenvalue weighted by Crippen LogP contribution is -2.46. The minimum Gasteiger partial charge on any atom is -0.494 e. The Kier molecular flexibility index (Phi) is 6.46. The van der Waals surface area contributed by atoms with E-state index in [1.165, 1.54) is 13.1 Å². The molecule has 0 aromatic heterocycles. The zero-order valence-electron chi connectivity index (χ0n) is 16.9. The first kappa shape index (κ1) is 21.4. The van der Waals surface area contributed by atoms with Crippen LogP contribution in [0.5, 0.6) is 17.2 Å². The van der Waals surface area contributed by atoms with Gasteiger partial charge >= 0.3 is 0 Å². The molecule has 1 heterocycles. The first-order chi connectivity index (χ1) is 14.3. The summed E-state index contributed by atoms with van der Waals surface area (Å²) in [7, 11) is -3.72. The molecule has 1 N–H and O–H groups in total. The molecular formula is C20H23N3O6S. The standard InChI is InChI=1S/C20H23N3O6S/c1-4-27-17-8-6-16(7-9-17)23(30(3,25)26)14(2)20(24)22-21-12-15-5-10-18-19(11-15)29-13-28-18/h5-12,14H,4,13H2,1-3H3,(H,22,24)/b21-12-/t14-/m1/s1. The van der Waals surface area contributed by atoms with Gasteiger partial charge in [-0.05, 0) is 61.9 Å². The van der Waals surface area contributed by atoms with Crippen LogP contribution in [0.3, 0.4) is 0 Å². The molecule has 1 aliphatic rings. The third kappa shape index (κ3) is 5.01. The highest BCUT2D eigenvalue weighted by Crippen LogP contribution is 2.32. The van der Waals surface area contributed by atoms with E-state index in [0.717, 1.165) is 10.6 Å². The number of anilines is 1. The van der Waals surface area contributed by atoms with Gasteiger partial charge in [0.25, 0.3) is 5.91 Å². The second-order valence-corrected chi connectivity index (χ2v) is 8.37. The van der Waals surface area contributed by atoms with Crippen LogP contribution in [-0.2, 0) is 14.8 Å². The molecule has 3 rings (SSSR count). The van der Waals surface area contributed by atoms with Gasteiger partial charge in [-0.1, -0.05) is 0 Å². The lowest BCUT2D eigenvalue weighted by Gasteiger charge is -2.27. The molecule has 0 unspecified atom stereocenters. The number of carbonyl (C=O) groups is 1. The molecule has 0 radical (unpaired) electrons. The number of fused-ring (bicyclic) bond motifs is 1. The third-order valence-electron chi connectivity index (χ3n) is 4.28. The zero-order chi connectivity index (χ0) is 21.7. The normalized spacial score (nSPS) is 13.8. The number of hydrogen-bond acceptors (Lipinski definition) is 7. The summed E-state index contributed by atoms with van der Waals surface area (Å²) < 4.78 is 41.6. The first-order valence-corrected chi connectivity index (χ1v) is 11.1. The highest BCUT2D eigenvalue weighted by molar-refractivity contribution is 7.92. The Bertz CT molecular complexity index is 1040. The van der Waals surface area contributed by atoms with Crippen LogP contribution < -0.4 is 23.9 Å². The Morgan fingerprint density at radius 1 is 1.23 bits per heavy atom. The van der Waals surface area contributed by atoms with Gasteiger partial charge in [0.1, 0.15) is 11.8 Å². The summed E-state index contributed by atoms with van der Waals surface area (Å²) in [5.41, 5.74) is 3.42. The van der Waals surface area contributed by atoms with E-state index >= 15 is 0 Å². The lowest BCUT2D eigenvalue weighted by molar-refractivity contribution is -0.121. The number of benzene rings is 2. The smallest absolute Gasteiger partial charge is 0.263 e. The van der Waals surface area contributed by atoms with Crippen molar-refractivity contribution in [2.45, 2.75) is 19.9 Å². The number of rotatable bonds is 8. The summed E-state index contributed by atoms with van der Waals surface area (Å²) in [5.74, 6) is 1.27. The first-order valence-electron chi connectivity index (χ1n) is 9.24. The van der Waals surface area contributed by atoms with Crippen LogP contribution in [0.2, 0.25) is 0 Å². The molecule has 0 aliphatic carbocycles. The van der Waals surface area contributed by atoms with Gasteiger partial charge in [0.2, 0.25) is 16.8 Å². The van der Waals surface area contributed by atoms with Gasteiger partial charge in [0, 0.05) is 0 Å². The van der Waals surface area contributed by atoms with Crippen molar-refractivity contribution in [3.05, 3.63) is 48.0 Å². The third-order valence-corrected chi connectivity index (χ3v) is 5.52. The van der Waals surface area contributed by atoms with E-state index in [2.05, 4.69) is 10.5 Å². The Morgan fingerprint density at radius 2 is 1.93 bits per heavy atom. The average Bonchev–Trinajstić information content (AvgIpc) is 3.16. The maximum Gasteiger partial charge on any atom is 0.263 e. The van der Waals surface area contributed by atoms with Crippen molar-refractivity contribution in [3.8, 4) is 17.2 Å². The maximum absolute atomic E-state index is 12.6. The Hall–Kier alpha value is -3.27. The van der Waals surface area contributed by atoms with Gasteiger partial charge in [0.05, 0.1) is 24.8 Å². The number of hydrogen-bond donors (Lipinski definition) is 1. The molecule has 0 saturated carbocycles. The van der Waals surface area contributed by atoms with Gasteiger partial charge < -0.3 is 14.2 Å². The van der Waals surface area contributed by atoms with Crippen LogP contribution in [0.1, 0.15) is 19.4 Å². The number of nitrogens with zero attached hydrogens (tertiary/aromatic N) is 2. The van der Waals surface area contributed by atoms with Gasteiger partial charge in [-0.2, -0.15) is 5.10 Å². The Balaban J connectivity index is 1.71. The van der Waals surface area contributed by atoms with Crippen molar-refractivity contribution in [2.75, 3.05) is 24.0 Å². The van der Waals surface area contributed by atoms with Gasteiger partial charge in [0.15, 0.2) is 11.5 Å². The van der Waals surface area contributed by atoms with Gasteiger partial charge in [-0.3, -0.25) is 9.10 Å². The molecule has 0 spiro atoms. The molecular weight excluding hydrogens is 410 g/mol. The molecule has 1 aliphatic heterocycles. The minimum atomic E-state index is -3.72. The van der Waals surface area contributed by atoms with Gasteiger partial charge in [-0.15, -0.1) is 0 Å². The van der Waals surface area contributed by atoms with Crippen LogP contribution in [-0.4, -0.2) is 46.2 Å². The largest absolute Gasteiger partial charge is 0.494 e. The van der Waals surface area contributed by atoms with E-state index in [-0.39, 0.29) is 6.79 Å². The molecule has 2 aromatic rings. The van der Waals surface area contributed by atoms with E-state index in [1.54, 1.807) is 42.5 Å². The second kappa shape index (κ2) is 9.04. The van der Waals surface area contributed by atoms with Crippen LogP contribution >= 0.6 is 0 Å². The summed E-state index contributed by atoms with van der Waals surface area (Å²) in [6.07, 6.45) is 2.48. The van der Waals surface area contributed by atoms with Crippen molar-refractivity contribution >= 4 is 27.8 Å². The summed E-state index contributed by atoms with van der Waals surface area (Å²) in [5, 5.41) is 3.92. The fourth-order valence-corrected chi connectivity index (χ4v) is 4.10. The van der Waals surface area contributed by atoms with Crippen LogP contribution in [0.15, 0.2) is 47.6 Å². The van der Waals surface area contributed by atoms with Crippen molar-refractivity contribution in [3.63, 3.8) is 0 Å². The molecule has 30 heavy (non-hydrogen) atoms. The molecule has 10 heteroatoms. The summed E-state index contributed by atoms with van der Waals surface area (Å²) in [6.45, 7) is 4.00. The fourth-order valence-electron chi connectivity index (χ4n) is 2.92. The minimum absolute atomic E-state index is 0.164. The molecule has 160 valence electrons. The maximum atomic E-state index is 12.6. The van der Waals surface area contributed by atoms with Crippen LogP contribution in [0.25, 0.3) is 0 Å². The highest BCUT2D eigenvalue weighted by Gasteiger charge is 2.29. The number of hydrazone groups is 1. The SMILES string of the molecule is CCOc1ccc(N([C@H](C)C(=O)N/N=C\c2ccc3c(c2)OCO3)S(C)(=O)=O)cc1. The predicted octanol–water partition coefficient (Wildman–Crippen LogP) is 2.12. The fraction of sp³-hybridized carbons (Fsp3) is 0.300. The van der Waals surface area contributed by atoms with Crippen molar-refractivity contribution < 1.29 is 27.4 Å². The molecule has 2 aromatic carbocycles. The summed E-state index contributed by atoms with van der Waals surface area (Å²) in [4.78, 5) is 12.6.